The molecule has 2 aromatic carbocycles. The van der Waals surface area contributed by atoms with Gasteiger partial charge >= 0.3 is 6.09 Å². The summed E-state index contributed by atoms with van der Waals surface area (Å²) < 4.78 is 5.38. The smallest absolute Gasteiger partial charge is 0.409 e. The van der Waals surface area contributed by atoms with Crippen molar-refractivity contribution in [3.8, 4) is 0 Å². The molecule has 0 radical (unpaired) electrons. The summed E-state index contributed by atoms with van der Waals surface area (Å²) in [6.07, 6.45) is 16.3. The molecule has 1 heterocycles. The number of benzene rings is 2. The van der Waals surface area contributed by atoms with Crippen molar-refractivity contribution in [1.29, 1.82) is 0 Å². The third kappa shape index (κ3) is 6.16. The first kappa shape index (κ1) is 26.2. The molecule has 194 valence electrons. The van der Waals surface area contributed by atoms with Crippen molar-refractivity contribution in [3.05, 3.63) is 60.7 Å². The van der Waals surface area contributed by atoms with Crippen molar-refractivity contribution in [1.82, 2.24) is 4.90 Å². The first-order valence-electron chi connectivity index (χ1n) is 14.2. The summed E-state index contributed by atoms with van der Waals surface area (Å²) in [7, 11) is 0.980. The Hall–Kier alpha value is -1.43. The lowest BCUT2D eigenvalue weighted by atomic mass is 9.99. The maximum atomic E-state index is 13.1. The molecule has 0 aromatic heterocycles. The number of hydrogen-bond acceptors (Lipinski definition) is 2. The zero-order chi connectivity index (χ0) is 24.7. The van der Waals surface area contributed by atoms with Crippen LogP contribution in [-0.2, 0) is 4.74 Å². The Bertz CT molecular complexity index is 886. The van der Waals surface area contributed by atoms with Crippen LogP contribution in [-0.4, -0.2) is 53.8 Å². The first-order valence-corrected chi connectivity index (χ1v) is 17.3. The predicted octanol–water partition coefficient (Wildman–Crippen LogP) is 7.48. The molecule has 2 saturated carbocycles. The van der Waals surface area contributed by atoms with Crippen molar-refractivity contribution in [2.45, 2.75) is 93.6 Å². The SMILES string of the molecule is COC(=O)N1C[C@@H](P(C2CCCCC2)C2CCCCC2)C[C@H]1CP(c1ccccc1)c1ccccc1. The molecular formula is C31H43NO2P2. The second kappa shape index (κ2) is 12.9. The Morgan fingerprint density at radius 1 is 0.778 bits per heavy atom. The fourth-order valence-corrected chi connectivity index (χ4v) is 14.2. The van der Waals surface area contributed by atoms with Crippen LogP contribution in [0.25, 0.3) is 0 Å². The molecule has 0 bridgehead atoms. The minimum absolute atomic E-state index is 0.0569. The minimum Gasteiger partial charge on any atom is -0.453 e. The third-order valence-corrected chi connectivity index (χ3v) is 15.3. The molecule has 5 heteroatoms. The van der Waals surface area contributed by atoms with E-state index in [9.17, 15) is 4.79 Å². The molecule has 2 aliphatic carbocycles. The molecule has 0 unspecified atom stereocenters. The van der Waals surface area contributed by atoms with Gasteiger partial charge in [0.25, 0.3) is 0 Å². The van der Waals surface area contributed by atoms with Crippen LogP contribution < -0.4 is 10.6 Å². The highest BCUT2D eigenvalue weighted by Crippen LogP contribution is 2.61. The molecule has 1 aliphatic heterocycles. The molecular weight excluding hydrogens is 480 g/mol. The molecule has 0 N–H and O–H groups in total. The van der Waals surface area contributed by atoms with Gasteiger partial charge in [-0.25, -0.2) is 4.79 Å². The predicted molar refractivity (Wildman–Crippen MR) is 156 cm³/mol. The maximum Gasteiger partial charge on any atom is 0.409 e. The Labute approximate surface area is 220 Å². The van der Waals surface area contributed by atoms with Crippen molar-refractivity contribution in [2.75, 3.05) is 19.8 Å². The van der Waals surface area contributed by atoms with E-state index in [4.69, 9.17) is 4.74 Å². The minimum atomic E-state index is -0.528. The number of rotatable bonds is 7. The first-order chi connectivity index (χ1) is 17.7. The average molecular weight is 524 g/mol. The van der Waals surface area contributed by atoms with Gasteiger partial charge in [-0.05, 0) is 73.8 Å². The highest BCUT2D eigenvalue weighted by Gasteiger charge is 2.45. The van der Waals surface area contributed by atoms with Gasteiger partial charge < -0.3 is 9.64 Å². The van der Waals surface area contributed by atoms with Gasteiger partial charge in [0.05, 0.1) is 7.11 Å². The van der Waals surface area contributed by atoms with Gasteiger partial charge in [-0.1, -0.05) is 107 Å². The van der Waals surface area contributed by atoms with Gasteiger partial charge in [0, 0.05) is 12.6 Å². The molecule has 3 nitrogen and oxygen atoms in total. The van der Waals surface area contributed by atoms with E-state index < -0.39 is 7.92 Å². The summed E-state index contributed by atoms with van der Waals surface area (Å²) >= 11 is 0. The second-order valence-corrected chi connectivity index (χ2v) is 16.3. The number of methoxy groups -OCH3 is 1. The van der Waals surface area contributed by atoms with Crippen LogP contribution >= 0.6 is 15.8 Å². The zero-order valence-corrected chi connectivity index (χ0v) is 23.7. The number of ether oxygens (including phenoxy) is 1. The van der Waals surface area contributed by atoms with Gasteiger partial charge in [-0.2, -0.15) is 0 Å². The summed E-state index contributed by atoms with van der Waals surface area (Å²) in [5.74, 6) is 0. The number of amides is 1. The van der Waals surface area contributed by atoms with E-state index in [2.05, 4.69) is 65.6 Å². The molecule has 2 aromatic rings. The van der Waals surface area contributed by atoms with Crippen molar-refractivity contribution in [2.24, 2.45) is 0 Å². The van der Waals surface area contributed by atoms with E-state index in [1.165, 1.54) is 81.2 Å². The summed E-state index contributed by atoms with van der Waals surface area (Å²) in [5, 5.41) is 2.82. The molecule has 2 atom stereocenters. The lowest BCUT2D eigenvalue weighted by Gasteiger charge is -2.42. The van der Waals surface area contributed by atoms with Gasteiger partial charge in [-0.15, -0.1) is 0 Å². The Kier molecular flexibility index (Phi) is 9.37. The second-order valence-electron chi connectivity index (χ2n) is 11.0. The lowest BCUT2D eigenvalue weighted by molar-refractivity contribution is 0.122. The average Bonchev–Trinajstić information content (AvgIpc) is 3.37. The van der Waals surface area contributed by atoms with Crippen molar-refractivity contribution in [3.63, 3.8) is 0 Å². The van der Waals surface area contributed by atoms with E-state index in [1.807, 2.05) is 0 Å². The van der Waals surface area contributed by atoms with Crippen molar-refractivity contribution >= 4 is 32.5 Å². The highest BCUT2D eigenvalue weighted by molar-refractivity contribution is 7.73. The number of carbonyl (C=O) groups excluding carboxylic acids is 1. The summed E-state index contributed by atoms with van der Waals surface area (Å²) in [6, 6.07) is 22.3. The normalized spacial score (nSPS) is 23.9. The van der Waals surface area contributed by atoms with Crippen molar-refractivity contribution < 1.29 is 9.53 Å². The molecule has 0 spiro atoms. The van der Waals surface area contributed by atoms with Crippen LogP contribution in [0.1, 0.15) is 70.6 Å². The molecule has 3 fully saturated rings. The standard InChI is InChI=1S/C31H43NO2P2/c1-34-31(33)32-23-30(36(28-18-10-4-11-19-28)29-20-12-5-13-21-29)22-25(32)24-35(26-14-6-2-7-15-26)27-16-8-3-9-17-27/h2-3,6-9,14-17,25,28-30H,4-5,10-13,18-24H2,1H3/t25-,30-/m0/s1. The highest BCUT2D eigenvalue weighted by atomic mass is 31.1. The third-order valence-electron chi connectivity index (χ3n) is 8.74. The van der Waals surface area contributed by atoms with E-state index in [1.54, 1.807) is 7.11 Å². The van der Waals surface area contributed by atoms with Crippen LogP contribution in [0.5, 0.6) is 0 Å². The lowest BCUT2D eigenvalue weighted by Crippen LogP contribution is -2.39. The molecule has 1 amide bonds. The maximum absolute atomic E-state index is 13.1. The Morgan fingerprint density at radius 2 is 1.28 bits per heavy atom. The van der Waals surface area contributed by atoms with E-state index in [0.29, 0.717) is 5.66 Å². The fourth-order valence-electron chi connectivity index (χ4n) is 7.06. The van der Waals surface area contributed by atoms with Crippen LogP contribution in [0.15, 0.2) is 60.7 Å². The molecule has 36 heavy (non-hydrogen) atoms. The van der Waals surface area contributed by atoms with Crippen LogP contribution in [0.3, 0.4) is 0 Å². The monoisotopic (exact) mass is 523 g/mol. The Morgan fingerprint density at radius 3 is 1.75 bits per heavy atom. The van der Waals surface area contributed by atoms with Crippen LogP contribution in [0, 0.1) is 0 Å². The largest absolute Gasteiger partial charge is 0.453 e. The summed E-state index contributed by atoms with van der Waals surface area (Å²) in [4.78, 5) is 15.3. The van der Waals surface area contributed by atoms with Crippen LogP contribution in [0.2, 0.25) is 0 Å². The number of likely N-dealkylation sites (tertiary alicyclic amines) is 1. The van der Waals surface area contributed by atoms with Gasteiger partial charge in [0.2, 0.25) is 0 Å². The van der Waals surface area contributed by atoms with E-state index in [-0.39, 0.29) is 20.1 Å². The summed E-state index contributed by atoms with van der Waals surface area (Å²) in [6.45, 7) is 0.919. The fraction of sp³-hybridized carbons (Fsp3) is 0.581. The molecule has 1 saturated heterocycles. The van der Waals surface area contributed by atoms with Crippen LogP contribution in [0.4, 0.5) is 4.79 Å². The molecule has 3 aliphatic rings. The van der Waals surface area contributed by atoms with E-state index in [0.717, 1.165) is 24.0 Å². The van der Waals surface area contributed by atoms with Gasteiger partial charge in [0.1, 0.15) is 0 Å². The number of nitrogens with zero attached hydrogens (tertiary/aromatic N) is 1. The Balaban J connectivity index is 1.42. The quantitative estimate of drug-likeness (QED) is 0.352. The number of hydrogen-bond donors (Lipinski definition) is 0. The topological polar surface area (TPSA) is 29.5 Å². The zero-order valence-electron chi connectivity index (χ0n) is 21.9. The van der Waals surface area contributed by atoms with Gasteiger partial charge in [-0.3, -0.25) is 0 Å². The van der Waals surface area contributed by atoms with E-state index >= 15 is 0 Å². The van der Waals surface area contributed by atoms with Gasteiger partial charge in [0.15, 0.2) is 0 Å². The summed E-state index contributed by atoms with van der Waals surface area (Å²) in [5.41, 5.74) is 2.52. The number of carbonyl (C=O) groups is 1. The molecule has 5 rings (SSSR count).